The summed E-state index contributed by atoms with van der Waals surface area (Å²) in [5.74, 6) is 3.91. The van der Waals surface area contributed by atoms with Crippen molar-refractivity contribution in [3.05, 3.63) is 388 Å². The highest BCUT2D eigenvalue weighted by Gasteiger charge is 2.24. The summed E-state index contributed by atoms with van der Waals surface area (Å²) in [5.41, 5.74) is 12.6. The lowest BCUT2D eigenvalue weighted by Gasteiger charge is -2.14. The van der Waals surface area contributed by atoms with Crippen LogP contribution in [-0.4, -0.2) is 39.0 Å². The van der Waals surface area contributed by atoms with Crippen molar-refractivity contribution in [1.82, 2.24) is 39.0 Å². The SMILES string of the molecule is c1ccc2c(-c3nc(-c4ccc5c(c4)c4ccccc4n5-c4ccc5c6ccccc6c6ccccc6c5c4)nc(-c4cccc5c4sc4ccccc45)n3)cccc2c1.c1ccc2c(-c3nc(-c4ccc5sc6ccccc6c5c4)nc(-c4ccc5c(c4)c4ccccc4n5-c4ccc5c6ccccc6c6ccccc6c5c4)n3)cccc2c1. The van der Waals surface area contributed by atoms with Crippen LogP contribution in [0.1, 0.15) is 0 Å². The van der Waals surface area contributed by atoms with Gasteiger partial charge in [0.2, 0.25) is 0 Å². The average molecular weight is 1560 g/mol. The van der Waals surface area contributed by atoms with Gasteiger partial charge in [-0.3, -0.25) is 0 Å². The zero-order chi connectivity index (χ0) is 78.6. The molecule has 556 valence electrons. The summed E-state index contributed by atoms with van der Waals surface area (Å²) in [7, 11) is 0. The van der Waals surface area contributed by atoms with Crippen LogP contribution >= 0.6 is 22.7 Å². The number of nitrogens with zero attached hydrogens (tertiary/aromatic N) is 8. The van der Waals surface area contributed by atoms with Crippen molar-refractivity contribution in [2.75, 3.05) is 0 Å². The maximum atomic E-state index is 5.32. The fraction of sp³-hybridized carbons (Fsp3) is 0. The van der Waals surface area contributed by atoms with E-state index in [1.807, 2.05) is 11.3 Å². The summed E-state index contributed by atoms with van der Waals surface area (Å²) >= 11 is 3.61. The average Bonchev–Trinajstić information content (AvgIpc) is 1.57. The first kappa shape index (κ1) is 67.8. The summed E-state index contributed by atoms with van der Waals surface area (Å²) in [6, 6.07) is 140. The number of fused-ring (bicyclic) bond motifs is 26. The van der Waals surface area contributed by atoms with Crippen molar-refractivity contribution < 1.29 is 0 Å². The third-order valence-electron chi connectivity index (χ3n) is 24.4. The van der Waals surface area contributed by atoms with Gasteiger partial charge in [0.1, 0.15) is 0 Å². The van der Waals surface area contributed by atoms with Crippen molar-refractivity contribution in [2.24, 2.45) is 0 Å². The first-order chi connectivity index (χ1) is 59.5. The van der Waals surface area contributed by atoms with Crippen molar-refractivity contribution in [2.45, 2.75) is 0 Å². The number of aromatic nitrogens is 8. The quantitative estimate of drug-likeness (QED) is 0.141. The predicted molar refractivity (Wildman–Crippen MR) is 507 cm³/mol. The largest absolute Gasteiger partial charge is 0.309 e. The minimum Gasteiger partial charge on any atom is -0.309 e. The molecule has 26 aromatic rings. The molecule has 0 saturated carbocycles. The second-order valence-corrected chi connectivity index (χ2v) is 33.2. The van der Waals surface area contributed by atoms with Gasteiger partial charge in [-0.25, -0.2) is 29.9 Å². The summed E-state index contributed by atoms with van der Waals surface area (Å²) in [4.78, 5) is 31.6. The van der Waals surface area contributed by atoms with Gasteiger partial charge in [-0.15, -0.1) is 22.7 Å². The lowest BCUT2D eigenvalue weighted by Crippen LogP contribution is -2.01. The zero-order valence-corrected chi connectivity index (χ0v) is 66.0. The van der Waals surface area contributed by atoms with Crippen molar-refractivity contribution >= 4 is 193 Å². The minimum absolute atomic E-state index is 0.640. The molecule has 20 aromatic carbocycles. The summed E-state index contributed by atoms with van der Waals surface area (Å²) in [6.07, 6.45) is 0. The van der Waals surface area contributed by atoms with E-state index < -0.39 is 0 Å². The van der Waals surface area contributed by atoms with E-state index in [1.165, 1.54) is 116 Å². The maximum absolute atomic E-state index is 5.32. The molecule has 0 fully saturated rings. The molecule has 0 aliphatic heterocycles. The topological polar surface area (TPSA) is 87.2 Å². The number of hydrogen-bond acceptors (Lipinski definition) is 8. The maximum Gasteiger partial charge on any atom is 0.165 e. The number of para-hydroxylation sites is 2. The smallest absolute Gasteiger partial charge is 0.165 e. The van der Waals surface area contributed by atoms with Gasteiger partial charge in [0.15, 0.2) is 34.9 Å². The van der Waals surface area contributed by atoms with E-state index in [0.717, 1.165) is 99.1 Å². The molecular weight excluding hydrogens is 1500 g/mol. The van der Waals surface area contributed by atoms with E-state index in [0.29, 0.717) is 34.9 Å². The molecule has 0 radical (unpaired) electrons. The van der Waals surface area contributed by atoms with E-state index in [1.54, 1.807) is 11.3 Å². The van der Waals surface area contributed by atoms with Gasteiger partial charge in [0, 0.05) is 107 Å². The van der Waals surface area contributed by atoms with Crippen LogP contribution in [0.5, 0.6) is 0 Å². The molecule has 0 saturated heterocycles. The molecule has 26 rings (SSSR count). The standard InChI is InChI=1S/2C55H32N4S/c1-2-15-36-33(13-1)14-11-23-45(36)54-56-53(57-55(58-54)46-24-12-22-44-43-21-8-10-26-51(43)60-52(44)46)34-27-30-50-48(31-34)42-20-7-9-25-49(42)59(50)35-28-29-41-39-18-4-3-16-37(39)38-17-5-6-19-40(38)47(41)32-35;1-2-14-37-33(12-1)13-11-21-45(37)55-57-53(56-54(58-55)35-25-29-52-48(31-35)44-20-8-10-23-51(44)60-52)34-24-28-50-47(30-34)43-19-7-9-22-49(43)59(50)36-26-27-42-40-17-4-3-15-38(40)39-16-5-6-18-41(39)46(42)32-36/h2*1-32H. The van der Waals surface area contributed by atoms with E-state index in [2.05, 4.69) is 397 Å². The summed E-state index contributed by atoms with van der Waals surface area (Å²) < 4.78 is 9.75. The number of hydrogen-bond donors (Lipinski definition) is 0. The Kier molecular flexibility index (Phi) is 15.3. The highest BCUT2D eigenvalue weighted by atomic mass is 32.1. The Labute approximate surface area is 694 Å². The van der Waals surface area contributed by atoms with Crippen molar-refractivity contribution in [3.63, 3.8) is 0 Å². The Balaban J connectivity index is 0.000000133. The van der Waals surface area contributed by atoms with E-state index in [-0.39, 0.29) is 0 Å². The Bertz CT molecular complexity index is 8760. The molecule has 0 bridgehead atoms. The Morgan fingerprint density at radius 1 is 0.167 bits per heavy atom. The molecule has 0 aliphatic rings. The van der Waals surface area contributed by atoms with Gasteiger partial charge < -0.3 is 9.13 Å². The normalized spacial score (nSPS) is 12.0. The summed E-state index contributed by atoms with van der Waals surface area (Å²) in [6.45, 7) is 0. The van der Waals surface area contributed by atoms with Crippen LogP contribution in [-0.2, 0) is 0 Å². The van der Waals surface area contributed by atoms with Gasteiger partial charge in [0.05, 0.1) is 22.1 Å². The molecule has 0 amide bonds. The number of rotatable bonds is 8. The molecule has 0 unspecified atom stereocenters. The lowest BCUT2D eigenvalue weighted by molar-refractivity contribution is 1.08. The van der Waals surface area contributed by atoms with Crippen LogP contribution in [0.15, 0.2) is 388 Å². The van der Waals surface area contributed by atoms with E-state index >= 15 is 0 Å². The molecule has 0 atom stereocenters. The predicted octanol–water partition coefficient (Wildman–Crippen LogP) is 29.9. The van der Waals surface area contributed by atoms with Crippen molar-refractivity contribution in [1.29, 1.82) is 0 Å². The molecule has 0 N–H and O–H groups in total. The third-order valence-corrected chi connectivity index (χ3v) is 26.8. The monoisotopic (exact) mass is 1560 g/mol. The first-order valence-corrected chi connectivity index (χ1v) is 42.2. The Morgan fingerprint density at radius 2 is 0.467 bits per heavy atom. The second-order valence-electron chi connectivity index (χ2n) is 31.1. The molecule has 120 heavy (non-hydrogen) atoms. The van der Waals surface area contributed by atoms with Gasteiger partial charge >= 0.3 is 0 Å². The van der Waals surface area contributed by atoms with E-state index in [4.69, 9.17) is 29.9 Å². The van der Waals surface area contributed by atoms with Gasteiger partial charge in [0.25, 0.3) is 0 Å². The Hall–Kier alpha value is -15.5. The highest BCUT2D eigenvalue weighted by molar-refractivity contribution is 7.26. The zero-order valence-electron chi connectivity index (χ0n) is 64.3. The van der Waals surface area contributed by atoms with Crippen LogP contribution in [0.25, 0.3) is 250 Å². The van der Waals surface area contributed by atoms with Gasteiger partial charge in [-0.2, -0.15) is 0 Å². The highest BCUT2D eigenvalue weighted by Crippen LogP contribution is 2.46. The fourth-order valence-corrected chi connectivity index (χ4v) is 21.3. The third kappa shape index (κ3) is 10.8. The molecule has 0 spiro atoms. The van der Waals surface area contributed by atoms with Crippen LogP contribution < -0.4 is 0 Å². The first-order valence-electron chi connectivity index (χ1n) is 40.5. The van der Waals surface area contributed by atoms with E-state index in [9.17, 15) is 0 Å². The van der Waals surface area contributed by atoms with Crippen LogP contribution in [0.3, 0.4) is 0 Å². The molecule has 0 aliphatic carbocycles. The molecular formula is C110H64N8S2. The van der Waals surface area contributed by atoms with Crippen molar-refractivity contribution in [3.8, 4) is 79.7 Å². The number of thiophene rings is 2. The van der Waals surface area contributed by atoms with Crippen LogP contribution in [0.4, 0.5) is 0 Å². The number of benzene rings is 20. The molecule has 6 heterocycles. The molecule has 8 nitrogen and oxygen atoms in total. The second kappa shape index (κ2) is 27.1. The molecule has 6 aromatic heterocycles. The van der Waals surface area contributed by atoms with Gasteiger partial charge in [-0.05, 0) is 195 Å². The van der Waals surface area contributed by atoms with Crippen LogP contribution in [0.2, 0.25) is 0 Å². The fourth-order valence-electron chi connectivity index (χ4n) is 19.0. The summed E-state index contributed by atoms with van der Waals surface area (Å²) in [5, 5.41) is 29.3. The Morgan fingerprint density at radius 3 is 0.942 bits per heavy atom. The molecule has 10 heteroatoms. The lowest BCUT2D eigenvalue weighted by atomic mass is 9.94. The van der Waals surface area contributed by atoms with Crippen LogP contribution in [0, 0.1) is 0 Å². The van der Waals surface area contributed by atoms with Gasteiger partial charge in [-0.1, -0.05) is 279 Å². The minimum atomic E-state index is 0.640.